The van der Waals surface area contributed by atoms with Gasteiger partial charge in [-0.1, -0.05) is 78.9 Å². The van der Waals surface area contributed by atoms with Crippen molar-refractivity contribution in [2.45, 2.75) is 0 Å². The van der Waals surface area contributed by atoms with E-state index in [4.69, 9.17) is 13.8 Å². The molecule has 5 heteroatoms. The Hall–Kier alpha value is -6.46. The van der Waals surface area contributed by atoms with Crippen LogP contribution in [0.2, 0.25) is 0 Å². The molecular weight excluding hydrogens is 578 g/mol. The Balaban J connectivity index is 1.21. The molecule has 0 fully saturated rings. The van der Waals surface area contributed by atoms with Gasteiger partial charge in [-0.05, 0) is 87.3 Å². The molecule has 0 saturated heterocycles. The third-order valence-electron chi connectivity index (χ3n) is 9.16. The van der Waals surface area contributed by atoms with Crippen molar-refractivity contribution in [3.8, 4) is 11.1 Å². The van der Waals surface area contributed by atoms with E-state index in [0.29, 0.717) is 5.71 Å². The number of para-hydroxylation sites is 1. The summed E-state index contributed by atoms with van der Waals surface area (Å²) in [5.41, 5.74) is 8.31. The zero-order chi connectivity index (χ0) is 30.9. The molecule has 47 heavy (non-hydrogen) atoms. The van der Waals surface area contributed by atoms with Gasteiger partial charge in [-0.25, -0.2) is 4.98 Å². The Labute approximate surface area is 268 Å². The highest BCUT2D eigenvalue weighted by atomic mass is 16.3. The molecule has 10 rings (SSSR count). The number of hydrogen-bond donors (Lipinski definition) is 0. The minimum Gasteiger partial charge on any atom is -0.456 e. The van der Waals surface area contributed by atoms with E-state index in [9.17, 15) is 0 Å². The summed E-state index contributed by atoms with van der Waals surface area (Å²) in [6, 6.07) is 46.8. The molecule has 0 bridgehead atoms. The van der Waals surface area contributed by atoms with Gasteiger partial charge in [0.1, 0.15) is 16.7 Å². The second-order valence-electron chi connectivity index (χ2n) is 11.9. The van der Waals surface area contributed by atoms with Crippen LogP contribution in [0.4, 0.5) is 17.1 Å². The standard InChI is InChI=1S/C42H25N3O2/c1-2-7-28-20-29(14-12-26(28)6-1)30-15-13-27-16-17-32(22-31(27)21-30)45(33-23-35-34-8-3-4-10-38(34)47-42(35)44-24-33)37-9-5-11-40-41(37)36-25-43-19-18-39(36)46-40/h1-25H. The zero-order valence-electron chi connectivity index (χ0n) is 25.1. The van der Waals surface area contributed by atoms with Gasteiger partial charge in [0.05, 0.1) is 28.3 Å². The van der Waals surface area contributed by atoms with Crippen LogP contribution in [0.15, 0.2) is 161 Å². The fourth-order valence-electron chi connectivity index (χ4n) is 6.91. The minimum atomic E-state index is 0.615. The lowest BCUT2D eigenvalue weighted by Crippen LogP contribution is -2.10. The topological polar surface area (TPSA) is 55.3 Å². The van der Waals surface area contributed by atoms with Crippen molar-refractivity contribution in [3.63, 3.8) is 0 Å². The smallest absolute Gasteiger partial charge is 0.227 e. The summed E-state index contributed by atoms with van der Waals surface area (Å²) in [7, 11) is 0. The van der Waals surface area contributed by atoms with Gasteiger partial charge in [-0.3, -0.25) is 4.98 Å². The fraction of sp³-hybridized carbons (Fsp3) is 0. The minimum absolute atomic E-state index is 0.615. The Morgan fingerprint density at radius 1 is 0.468 bits per heavy atom. The zero-order valence-corrected chi connectivity index (χ0v) is 25.1. The molecule has 0 aliphatic heterocycles. The molecule has 0 radical (unpaired) electrons. The van der Waals surface area contributed by atoms with Crippen molar-refractivity contribution in [2.24, 2.45) is 0 Å². The lowest BCUT2D eigenvalue weighted by molar-refractivity contribution is 0.654. The molecule has 4 heterocycles. The molecule has 10 aromatic rings. The van der Waals surface area contributed by atoms with Gasteiger partial charge in [0.2, 0.25) is 5.71 Å². The highest BCUT2D eigenvalue weighted by Gasteiger charge is 2.21. The average Bonchev–Trinajstić information content (AvgIpc) is 3.70. The third-order valence-corrected chi connectivity index (χ3v) is 9.16. The molecule has 5 nitrogen and oxygen atoms in total. The summed E-state index contributed by atoms with van der Waals surface area (Å²) in [6.07, 6.45) is 5.53. The number of anilines is 3. The van der Waals surface area contributed by atoms with Crippen LogP contribution < -0.4 is 4.90 Å². The molecule has 0 saturated carbocycles. The number of aromatic nitrogens is 2. The molecule has 4 aromatic heterocycles. The van der Waals surface area contributed by atoms with Gasteiger partial charge >= 0.3 is 0 Å². The highest BCUT2D eigenvalue weighted by molar-refractivity contribution is 6.14. The molecule has 0 aliphatic rings. The number of hydrogen-bond acceptors (Lipinski definition) is 5. The lowest BCUT2D eigenvalue weighted by atomic mass is 9.98. The van der Waals surface area contributed by atoms with E-state index < -0.39 is 0 Å². The predicted octanol–water partition coefficient (Wildman–Crippen LogP) is 11.7. The van der Waals surface area contributed by atoms with E-state index in [1.54, 1.807) is 6.20 Å². The Morgan fingerprint density at radius 3 is 2.13 bits per heavy atom. The lowest BCUT2D eigenvalue weighted by Gasteiger charge is -2.26. The predicted molar refractivity (Wildman–Crippen MR) is 192 cm³/mol. The average molecular weight is 604 g/mol. The maximum Gasteiger partial charge on any atom is 0.227 e. The number of fused-ring (bicyclic) bond motifs is 8. The van der Waals surface area contributed by atoms with E-state index in [1.807, 2.05) is 48.8 Å². The summed E-state index contributed by atoms with van der Waals surface area (Å²) in [5, 5.41) is 8.75. The summed E-state index contributed by atoms with van der Waals surface area (Å²) in [5.74, 6) is 0. The molecule has 6 aromatic carbocycles. The van der Waals surface area contributed by atoms with Crippen LogP contribution >= 0.6 is 0 Å². The number of rotatable bonds is 4. The summed E-state index contributed by atoms with van der Waals surface area (Å²) in [6.45, 7) is 0. The van der Waals surface area contributed by atoms with Gasteiger partial charge in [0.25, 0.3) is 0 Å². The monoisotopic (exact) mass is 603 g/mol. The molecule has 0 unspecified atom stereocenters. The molecule has 220 valence electrons. The van der Waals surface area contributed by atoms with Gasteiger partial charge in [-0.2, -0.15) is 0 Å². The summed E-state index contributed by atoms with van der Waals surface area (Å²) in [4.78, 5) is 11.5. The van der Waals surface area contributed by atoms with Crippen LogP contribution in [0.3, 0.4) is 0 Å². The van der Waals surface area contributed by atoms with Gasteiger partial charge in [0.15, 0.2) is 0 Å². The second kappa shape index (κ2) is 10.0. The quantitative estimate of drug-likeness (QED) is 0.200. The van der Waals surface area contributed by atoms with E-state index in [2.05, 4.69) is 107 Å². The van der Waals surface area contributed by atoms with E-state index >= 15 is 0 Å². The first kappa shape index (κ1) is 25.8. The molecule has 0 N–H and O–H groups in total. The van der Waals surface area contributed by atoms with Crippen LogP contribution in [0.1, 0.15) is 0 Å². The van der Waals surface area contributed by atoms with Crippen LogP contribution in [-0.4, -0.2) is 9.97 Å². The Bertz CT molecular complexity index is 2830. The molecular formula is C42H25N3O2. The first-order chi connectivity index (χ1) is 23.3. The Morgan fingerprint density at radius 2 is 1.21 bits per heavy atom. The highest BCUT2D eigenvalue weighted by Crippen LogP contribution is 2.44. The number of nitrogens with zero attached hydrogens (tertiary/aromatic N) is 3. The van der Waals surface area contributed by atoms with Crippen molar-refractivity contribution in [2.75, 3.05) is 4.90 Å². The first-order valence-electron chi connectivity index (χ1n) is 15.6. The molecule has 0 aliphatic carbocycles. The third kappa shape index (κ3) is 4.10. The molecule has 0 amide bonds. The van der Waals surface area contributed by atoms with Crippen molar-refractivity contribution in [3.05, 3.63) is 152 Å². The van der Waals surface area contributed by atoms with Crippen LogP contribution in [0.25, 0.3) is 76.7 Å². The summed E-state index contributed by atoms with van der Waals surface area (Å²) >= 11 is 0. The number of pyridine rings is 2. The summed E-state index contributed by atoms with van der Waals surface area (Å²) < 4.78 is 12.4. The van der Waals surface area contributed by atoms with Gasteiger partial charge < -0.3 is 13.7 Å². The van der Waals surface area contributed by atoms with Crippen LogP contribution in [0.5, 0.6) is 0 Å². The maximum atomic E-state index is 6.30. The fourth-order valence-corrected chi connectivity index (χ4v) is 6.91. The Kier molecular flexibility index (Phi) is 5.51. The molecule has 0 spiro atoms. The van der Waals surface area contributed by atoms with Crippen molar-refractivity contribution >= 4 is 82.6 Å². The van der Waals surface area contributed by atoms with Crippen molar-refractivity contribution in [1.29, 1.82) is 0 Å². The maximum absolute atomic E-state index is 6.30. The van der Waals surface area contributed by atoms with E-state index in [-0.39, 0.29) is 0 Å². The van der Waals surface area contributed by atoms with Crippen LogP contribution in [0, 0.1) is 0 Å². The van der Waals surface area contributed by atoms with E-state index in [1.165, 1.54) is 27.3 Å². The molecule has 0 atom stereocenters. The first-order valence-corrected chi connectivity index (χ1v) is 15.6. The van der Waals surface area contributed by atoms with Gasteiger partial charge in [0, 0.05) is 28.9 Å². The SMILES string of the molecule is c1ccc2cc(-c3ccc4ccc(N(c5cnc6oc7ccccc7c6c5)c5cccc6oc7ccncc7c56)cc4c3)ccc2c1. The second-order valence-corrected chi connectivity index (χ2v) is 11.9. The largest absolute Gasteiger partial charge is 0.456 e. The van der Waals surface area contributed by atoms with E-state index in [0.717, 1.165) is 60.7 Å². The van der Waals surface area contributed by atoms with Crippen molar-refractivity contribution < 1.29 is 8.83 Å². The normalized spacial score (nSPS) is 11.8. The van der Waals surface area contributed by atoms with Gasteiger partial charge in [-0.15, -0.1) is 0 Å². The van der Waals surface area contributed by atoms with Crippen LogP contribution in [-0.2, 0) is 0 Å². The van der Waals surface area contributed by atoms with Crippen molar-refractivity contribution in [1.82, 2.24) is 9.97 Å². The number of benzene rings is 6. The number of furan rings is 2.